The first kappa shape index (κ1) is 18.4. The van der Waals surface area contributed by atoms with E-state index in [1.54, 1.807) is 29.2 Å². The summed E-state index contributed by atoms with van der Waals surface area (Å²) in [6.07, 6.45) is -1.06. The molecule has 1 fully saturated rings. The van der Waals surface area contributed by atoms with Gasteiger partial charge >= 0.3 is 12.2 Å². The van der Waals surface area contributed by atoms with Crippen molar-refractivity contribution in [3.63, 3.8) is 0 Å². The molecule has 9 heteroatoms. The van der Waals surface area contributed by atoms with Gasteiger partial charge < -0.3 is 10.3 Å². The third-order valence-electron chi connectivity index (χ3n) is 5.32. The lowest BCUT2D eigenvalue weighted by Crippen LogP contribution is -2.29. The average Bonchev–Trinajstić information content (AvgIpc) is 3.46. The lowest BCUT2D eigenvalue weighted by molar-refractivity contribution is -0.140. The Morgan fingerprint density at radius 1 is 1.10 bits per heavy atom. The minimum absolute atomic E-state index is 0.142. The van der Waals surface area contributed by atoms with E-state index in [4.69, 9.17) is 0 Å². The van der Waals surface area contributed by atoms with Crippen molar-refractivity contribution >= 4 is 23.6 Å². The van der Waals surface area contributed by atoms with E-state index in [1.807, 2.05) is 24.4 Å². The molecule has 1 unspecified atom stereocenters. The first-order chi connectivity index (χ1) is 14.4. The number of aromatic nitrogens is 2. The predicted octanol–water partition coefficient (Wildman–Crippen LogP) is 4.62. The van der Waals surface area contributed by atoms with Crippen molar-refractivity contribution in [2.45, 2.75) is 18.6 Å². The molecule has 2 aliphatic heterocycles. The molecule has 2 amide bonds. The topological polar surface area (TPSA) is 73.4 Å². The van der Waals surface area contributed by atoms with Gasteiger partial charge in [0.05, 0.1) is 17.9 Å². The van der Waals surface area contributed by atoms with E-state index in [0.717, 1.165) is 35.1 Å². The maximum absolute atomic E-state index is 12.8. The van der Waals surface area contributed by atoms with Gasteiger partial charge in [-0.05, 0) is 23.3 Å². The Kier molecular flexibility index (Phi) is 4.12. The molecule has 0 spiro atoms. The third-order valence-corrected chi connectivity index (χ3v) is 5.32. The smallest absolute Gasteiger partial charge is 0.335 e. The molecule has 2 aliphatic rings. The fourth-order valence-electron chi connectivity index (χ4n) is 3.78. The van der Waals surface area contributed by atoms with Gasteiger partial charge in [0, 0.05) is 30.4 Å². The third kappa shape index (κ3) is 3.12. The Balaban J connectivity index is 1.42. The van der Waals surface area contributed by atoms with Gasteiger partial charge in [-0.1, -0.05) is 30.3 Å². The number of fused-ring (bicyclic) bond motifs is 1. The fourth-order valence-corrected chi connectivity index (χ4v) is 3.78. The molecule has 1 atom stereocenters. The number of urea groups is 1. The van der Waals surface area contributed by atoms with Crippen molar-refractivity contribution in [1.82, 2.24) is 15.3 Å². The average molecular weight is 411 g/mol. The molecule has 0 radical (unpaired) electrons. The zero-order valence-corrected chi connectivity index (χ0v) is 15.6. The van der Waals surface area contributed by atoms with Gasteiger partial charge in [0.2, 0.25) is 0 Å². The van der Waals surface area contributed by atoms with Gasteiger partial charge in [-0.15, -0.1) is 0 Å². The van der Waals surface area contributed by atoms with Gasteiger partial charge in [-0.3, -0.25) is 9.89 Å². The van der Waals surface area contributed by atoms with Crippen molar-refractivity contribution in [1.29, 1.82) is 0 Å². The Morgan fingerprint density at radius 3 is 2.63 bits per heavy atom. The highest BCUT2D eigenvalue weighted by Gasteiger charge is 2.34. The number of aromatic amines is 1. The summed E-state index contributed by atoms with van der Waals surface area (Å²) in [5.41, 5.74) is 3.24. The van der Waals surface area contributed by atoms with Crippen molar-refractivity contribution in [2.75, 3.05) is 11.4 Å². The van der Waals surface area contributed by atoms with E-state index in [-0.39, 0.29) is 17.9 Å². The van der Waals surface area contributed by atoms with Crippen molar-refractivity contribution < 1.29 is 18.0 Å². The zero-order chi connectivity index (χ0) is 20.9. The van der Waals surface area contributed by atoms with Crippen LogP contribution < -0.4 is 10.2 Å². The largest absolute Gasteiger partial charge is 0.432 e. The zero-order valence-electron chi connectivity index (χ0n) is 15.6. The van der Waals surface area contributed by atoms with Crippen LogP contribution in [0.15, 0.2) is 53.7 Å². The molecule has 1 aromatic heterocycles. The van der Waals surface area contributed by atoms with Crippen LogP contribution in [-0.2, 0) is 12.6 Å². The number of nitrogens with zero attached hydrogens (tertiary/aromatic N) is 3. The number of anilines is 1. The highest BCUT2D eigenvalue weighted by molar-refractivity contribution is 5.96. The number of carbonyl (C=O) groups is 1. The Bertz CT molecular complexity index is 1150. The Morgan fingerprint density at radius 2 is 1.90 bits per heavy atom. The second-order valence-electron chi connectivity index (χ2n) is 7.17. The normalized spacial score (nSPS) is 18.0. The number of hydrogen-bond acceptors (Lipinski definition) is 3. The molecule has 3 heterocycles. The van der Waals surface area contributed by atoms with Crippen molar-refractivity contribution in [3.05, 3.63) is 65.5 Å². The molecule has 3 aromatic rings. The second-order valence-corrected chi connectivity index (χ2v) is 7.17. The van der Waals surface area contributed by atoms with Gasteiger partial charge in [0.15, 0.2) is 0 Å². The first-order valence-electron chi connectivity index (χ1n) is 9.35. The standard InChI is InChI=1S/C21H16F3N5O/c22-21(23,24)18-11-26-19(28-18)14-3-1-13(2-4-14)17-10-27-20(30)29(17)15-6-5-12-7-8-25-16(12)9-15/h1-6,8-9,11,17H,7,10H2,(H,26,28)(H,27,30). The molecular formula is C21H16F3N5O. The van der Waals surface area contributed by atoms with Crippen LogP contribution >= 0.6 is 0 Å². The molecule has 0 saturated carbocycles. The molecule has 1 saturated heterocycles. The van der Waals surface area contributed by atoms with E-state index in [0.29, 0.717) is 12.1 Å². The molecule has 0 bridgehead atoms. The van der Waals surface area contributed by atoms with Crippen LogP contribution in [-0.4, -0.2) is 28.8 Å². The number of hydrogen-bond donors (Lipinski definition) is 2. The predicted molar refractivity (Wildman–Crippen MR) is 106 cm³/mol. The maximum atomic E-state index is 12.8. The summed E-state index contributed by atoms with van der Waals surface area (Å²) in [4.78, 5) is 24.6. The monoisotopic (exact) mass is 411 g/mol. The Hall–Kier alpha value is -3.62. The molecule has 6 nitrogen and oxygen atoms in total. The SMILES string of the molecule is O=C1NCC(c2ccc(-c3ncc(C(F)(F)F)[nH]3)cc2)N1c1ccc2c(c1)N=CC2. The van der Waals surface area contributed by atoms with Crippen LogP contribution in [0.25, 0.3) is 11.4 Å². The lowest BCUT2D eigenvalue weighted by atomic mass is 10.0. The fraction of sp³-hybridized carbons (Fsp3) is 0.190. The number of alkyl halides is 3. The van der Waals surface area contributed by atoms with Crippen LogP contribution in [0, 0.1) is 0 Å². The number of benzene rings is 2. The van der Waals surface area contributed by atoms with Crippen LogP contribution in [0.4, 0.5) is 29.3 Å². The van der Waals surface area contributed by atoms with Gasteiger partial charge in [-0.2, -0.15) is 13.2 Å². The number of amides is 2. The Labute approximate surface area is 169 Å². The maximum Gasteiger partial charge on any atom is 0.432 e. The summed E-state index contributed by atoms with van der Waals surface area (Å²) >= 11 is 0. The molecule has 2 aromatic carbocycles. The number of rotatable bonds is 3. The summed E-state index contributed by atoms with van der Waals surface area (Å²) in [6.45, 7) is 0.428. The first-order valence-corrected chi connectivity index (χ1v) is 9.35. The van der Waals surface area contributed by atoms with Crippen molar-refractivity contribution in [2.24, 2.45) is 4.99 Å². The molecular weight excluding hydrogens is 395 g/mol. The summed E-state index contributed by atoms with van der Waals surface area (Å²) in [7, 11) is 0. The van der Waals surface area contributed by atoms with Crippen LogP contribution in [0.2, 0.25) is 0 Å². The molecule has 0 aliphatic carbocycles. The van der Waals surface area contributed by atoms with E-state index >= 15 is 0 Å². The molecule has 2 N–H and O–H groups in total. The second kappa shape index (κ2) is 6.72. The highest BCUT2D eigenvalue weighted by atomic mass is 19.4. The van der Waals surface area contributed by atoms with E-state index in [9.17, 15) is 18.0 Å². The van der Waals surface area contributed by atoms with Crippen molar-refractivity contribution in [3.8, 4) is 11.4 Å². The number of nitrogens with one attached hydrogen (secondary N) is 2. The minimum Gasteiger partial charge on any atom is -0.335 e. The quantitative estimate of drug-likeness (QED) is 0.660. The summed E-state index contributed by atoms with van der Waals surface area (Å²) in [5.74, 6) is 0.142. The van der Waals surface area contributed by atoms with Gasteiger partial charge in [0.25, 0.3) is 0 Å². The number of imidazole rings is 1. The number of H-pyrrole nitrogens is 1. The van der Waals surface area contributed by atoms with E-state index < -0.39 is 11.9 Å². The molecule has 30 heavy (non-hydrogen) atoms. The molecule has 5 rings (SSSR count). The van der Waals surface area contributed by atoms with Crippen LogP contribution in [0.3, 0.4) is 0 Å². The number of halogens is 3. The number of carbonyl (C=O) groups excluding carboxylic acids is 1. The number of aliphatic imine (C=N–C) groups is 1. The van der Waals surface area contributed by atoms with Crippen LogP contribution in [0.1, 0.15) is 22.9 Å². The summed E-state index contributed by atoms with van der Waals surface area (Å²) in [5, 5.41) is 2.86. The van der Waals surface area contributed by atoms with Gasteiger partial charge in [-0.25, -0.2) is 9.78 Å². The molecule has 152 valence electrons. The van der Waals surface area contributed by atoms with E-state index in [1.165, 1.54) is 0 Å². The lowest BCUT2D eigenvalue weighted by Gasteiger charge is -2.24. The van der Waals surface area contributed by atoms with E-state index in [2.05, 4.69) is 20.3 Å². The van der Waals surface area contributed by atoms with Gasteiger partial charge in [0.1, 0.15) is 11.5 Å². The summed E-state index contributed by atoms with van der Waals surface area (Å²) < 4.78 is 38.4. The summed E-state index contributed by atoms with van der Waals surface area (Å²) in [6, 6.07) is 12.3. The highest BCUT2D eigenvalue weighted by Crippen LogP contribution is 2.36. The minimum atomic E-state index is -4.47. The van der Waals surface area contributed by atoms with Crippen LogP contribution in [0.5, 0.6) is 0 Å².